The average Bonchev–Trinajstić information content (AvgIpc) is 3.05. The number of thiazole rings is 1. The second kappa shape index (κ2) is 7.07. The van der Waals surface area contributed by atoms with Gasteiger partial charge in [-0.15, -0.1) is 11.3 Å². The van der Waals surface area contributed by atoms with Crippen molar-refractivity contribution in [2.24, 2.45) is 5.14 Å². The van der Waals surface area contributed by atoms with Gasteiger partial charge in [0.2, 0.25) is 10.0 Å². The van der Waals surface area contributed by atoms with Gasteiger partial charge in [-0.2, -0.15) is 0 Å². The van der Waals surface area contributed by atoms with Crippen LogP contribution in [-0.2, 0) is 10.0 Å². The molecule has 0 aliphatic carbocycles. The molecule has 1 amide bonds. The molecule has 2 aromatic rings. The molecule has 1 aromatic carbocycles. The third-order valence-electron chi connectivity index (χ3n) is 3.21. The summed E-state index contributed by atoms with van der Waals surface area (Å²) in [5.41, 5.74) is 0.106. The van der Waals surface area contributed by atoms with Crippen molar-refractivity contribution < 1.29 is 17.9 Å². The number of primary sulfonamides is 1. The molecule has 1 aromatic heterocycles. The molecular formula is C14H17N3O4S2. The summed E-state index contributed by atoms with van der Waals surface area (Å²) in [7, 11) is -2.50. The fourth-order valence-electron chi connectivity index (χ4n) is 2.02. The molecule has 0 saturated heterocycles. The molecule has 0 aliphatic heterocycles. The highest BCUT2D eigenvalue weighted by molar-refractivity contribution is 7.89. The Labute approximate surface area is 138 Å². The molecule has 0 fully saturated rings. The molecule has 1 heterocycles. The van der Waals surface area contributed by atoms with E-state index in [0.717, 1.165) is 5.01 Å². The maximum absolute atomic E-state index is 12.5. The molecule has 7 nitrogen and oxygen atoms in total. The van der Waals surface area contributed by atoms with Crippen LogP contribution in [0.15, 0.2) is 34.7 Å². The van der Waals surface area contributed by atoms with E-state index in [1.807, 2.05) is 12.3 Å². The van der Waals surface area contributed by atoms with E-state index in [9.17, 15) is 13.2 Å². The monoisotopic (exact) mass is 355 g/mol. The molecule has 23 heavy (non-hydrogen) atoms. The number of ether oxygens (including phenoxy) is 1. The van der Waals surface area contributed by atoms with Crippen LogP contribution in [-0.4, -0.2) is 26.4 Å². The van der Waals surface area contributed by atoms with Crippen LogP contribution in [0.4, 0.5) is 0 Å². The molecule has 124 valence electrons. The van der Waals surface area contributed by atoms with Crippen molar-refractivity contribution in [2.45, 2.75) is 24.3 Å². The second-order valence-corrected chi connectivity index (χ2v) is 7.20. The zero-order chi connectivity index (χ0) is 17.0. The number of carbonyl (C=O) groups excluding carboxylic acids is 1. The minimum Gasteiger partial charge on any atom is -0.496 e. The molecule has 9 heteroatoms. The molecule has 0 radical (unpaired) electrons. The first-order valence-corrected chi connectivity index (χ1v) is 9.20. The van der Waals surface area contributed by atoms with E-state index in [2.05, 4.69) is 10.3 Å². The van der Waals surface area contributed by atoms with Crippen molar-refractivity contribution in [1.29, 1.82) is 0 Å². The number of aromatic nitrogens is 1. The maximum Gasteiger partial charge on any atom is 0.255 e. The van der Waals surface area contributed by atoms with Gasteiger partial charge in [-0.05, 0) is 24.6 Å². The summed E-state index contributed by atoms with van der Waals surface area (Å²) in [5.74, 6) is -0.182. The van der Waals surface area contributed by atoms with Gasteiger partial charge in [0, 0.05) is 11.6 Å². The van der Waals surface area contributed by atoms with Crippen LogP contribution in [0, 0.1) is 0 Å². The van der Waals surface area contributed by atoms with Crippen molar-refractivity contribution in [3.8, 4) is 5.75 Å². The van der Waals surface area contributed by atoms with E-state index in [1.165, 1.54) is 36.6 Å². The Hall–Kier alpha value is -1.97. The minimum absolute atomic E-state index is 0.106. The Balaban J connectivity index is 2.34. The average molecular weight is 355 g/mol. The van der Waals surface area contributed by atoms with Crippen LogP contribution >= 0.6 is 11.3 Å². The lowest BCUT2D eigenvalue weighted by Crippen LogP contribution is -2.28. The van der Waals surface area contributed by atoms with Crippen molar-refractivity contribution >= 4 is 27.3 Å². The van der Waals surface area contributed by atoms with E-state index < -0.39 is 15.9 Å². The van der Waals surface area contributed by atoms with E-state index in [1.54, 1.807) is 6.20 Å². The molecule has 0 aliphatic rings. The van der Waals surface area contributed by atoms with Gasteiger partial charge in [-0.1, -0.05) is 6.92 Å². The number of hydrogen-bond donors (Lipinski definition) is 2. The van der Waals surface area contributed by atoms with Crippen molar-refractivity contribution in [2.75, 3.05) is 7.11 Å². The molecule has 2 rings (SSSR count). The third-order valence-corrected chi connectivity index (χ3v) is 5.01. The molecule has 1 atom stereocenters. The summed E-state index contributed by atoms with van der Waals surface area (Å²) in [6, 6.07) is 3.64. The fraction of sp³-hybridized carbons (Fsp3) is 0.286. The van der Waals surface area contributed by atoms with Crippen LogP contribution in [0.1, 0.15) is 34.8 Å². The number of nitrogens with zero attached hydrogens (tertiary/aromatic N) is 1. The Morgan fingerprint density at radius 2 is 2.22 bits per heavy atom. The van der Waals surface area contributed by atoms with Crippen LogP contribution in [0.25, 0.3) is 0 Å². The zero-order valence-corrected chi connectivity index (χ0v) is 14.3. The lowest BCUT2D eigenvalue weighted by molar-refractivity contribution is 0.0932. The normalized spacial score (nSPS) is 12.7. The van der Waals surface area contributed by atoms with Gasteiger partial charge in [0.1, 0.15) is 10.8 Å². The van der Waals surface area contributed by atoms with Gasteiger partial charge in [0.15, 0.2) is 0 Å². The summed E-state index contributed by atoms with van der Waals surface area (Å²) in [5, 5.41) is 10.6. The molecule has 0 bridgehead atoms. The van der Waals surface area contributed by atoms with Gasteiger partial charge in [-0.25, -0.2) is 18.5 Å². The lowest BCUT2D eigenvalue weighted by Gasteiger charge is -2.16. The quantitative estimate of drug-likeness (QED) is 0.819. The molecule has 1 unspecified atom stereocenters. The standard InChI is InChI=1S/C14H17N3O4S2/c1-3-11(14-16-6-7-22-14)17-13(18)10-8-9(23(15,19)20)4-5-12(10)21-2/h4-8,11H,3H2,1-2H3,(H,17,18)(H2,15,19,20). The molecular weight excluding hydrogens is 338 g/mol. The lowest BCUT2D eigenvalue weighted by atomic mass is 10.1. The summed E-state index contributed by atoms with van der Waals surface area (Å²) >= 11 is 1.44. The largest absolute Gasteiger partial charge is 0.496 e. The van der Waals surface area contributed by atoms with E-state index in [4.69, 9.17) is 9.88 Å². The highest BCUT2D eigenvalue weighted by Crippen LogP contribution is 2.24. The molecule has 0 saturated carbocycles. The Morgan fingerprint density at radius 1 is 1.48 bits per heavy atom. The number of hydrogen-bond acceptors (Lipinski definition) is 6. The number of carbonyl (C=O) groups is 1. The van der Waals surface area contributed by atoms with E-state index >= 15 is 0 Å². The van der Waals surface area contributed by atoms with E-state index in [-0.39, 0.29) is 22.3 Å². The smallest absolute Gasteiger partial charge is 0.255 e. The number of nitrogens with two attached hydrogens (primary N) is 1. The van der Waals surface area contributed by atoms with E-state index in [0.29, 0.717) is 6.42 Å². The predicted molar refractivity (Wildman–Crippen MR) is 87.0 cm³/mol. The highest BCUT2D eigenvalue weighted by atomic mass is 32.2. The van der Waals surface area contributed by atoms with Crippen LogP contribution in [0.3, 0.4) is 0 Å². The first kappa shape index (κ1) is 17.4. The third kappa shape index (κ3) is 4.06. The topological polar surface area (TPSA) is 111 Å². The van der Waals surface area contributed by atoms with Gasteiger partial charge < -0.3 is 10.1 Å². The summed E-state index contributed by atoms with van der Waals surface area (Å²) in [6.45, 7) is 1.92. The van der Waals surface area contributed by atoms with Gasteiger partial charge in [0.05, 0.1) is 23.6 Å². The summed E-state index contributed by atoms with van der Waals surface area (Å²) in [6.07, 6.45) is 2.31. The first-order valence-electron chi connectivity index (χ1n) is 6.78. The summed E-state index contributed by atoms with van der Waals surface area (Å²) < 4.78 is 28.1. The highest BCUT2D eigenvalue weighted by Gasteiger charge is 2.21. The van der Waals surface area contributed by atoms with Crippen LogP contribution in [0.2, 0.25) is 0 Å². The first-order chi connectivity index (χ1) is 10.9. The second-order valence-electron chi connectivity index (χ2n) is 4.71. The van der Waals surface area contributed by atoms with Crippen molar-refractivity contribution in [1.82, 2.24) is 10.3 Å². The number of rotatable bonds is 6. The van der Waals surface area contributed by atoms with Crippen molar-refractivity contribution in [3.63, 3.8) is 0 Å². The van der Waals surface area contributed by atoms with Crippen LogP contribution < -0.4 is 15.2 Å². The number of methoxy groups -OCH3 is 1. The Bertz CT molecular complexity index is 788. The number of amides is 1. The predicted octanol–water partition coefficient (Wildman–Crippen LogP) is 1.68. The Kier molecular flexibility index (Phi) is 5.34. The number of nitrogens with one attached hydrogen (secondary N) is 1. The zero-order valence-electron chi connectivity index (χ0n) is 12.6. The molecule has 3 N–H and O–H groups in total. The van der Waals surface area contributed by atoms with Crippen LogP contribution in [0.5, 0.6) is 5.75 Å². The Morgan fingerprint density at radius 3 is 2.74 bits per heavy atom. The minimum atomic E-state index is -3.91. The summed E-state index contributed by atoms with van der Waals surface area (Å²) in [4.78, 5) is 16.6. The fourth-order valence-corrected chi connectivity index (χ4v) is 3.34. The number of benzene rings is 1. The number of sulfonamides is 1. The van der Waals surface area contributed by atoms with Gasteiger partial charge in [0.25, 0.3) is 5.91 Å². The SMILES string of the molecule is CCC(NC(=O)c1cc(S(N)(=O)=O)ccc1OC)c1nccs1. The maximum atomic E-state index is 12.5. The van der Waals surface area contributed by atoms with Crippen molar-refractivity contribution in [3.05, 3.63) is 40.3 Å². The van der Waals surface area contributed by atoms with Gasteiger partial charge >= 0.3 is 0 Å². The molecule has 0 spiro atoms. The van der Waals surface area contributed by atoms with Gasteiger partial charge in [-0.3, -0.25) is 4.79 Å².